The number of morpholine rings is 1. The van der Waals surface area contributed by atoms with Crippen LogP contribution in [0.4, 0.5) is 0 Å². The molecule has 0 aromatic heterocycles. The highest BCUT2D eigenvalue weighted by molar-refractivity contribution is 7.99. The molecule has 1 aliphatic heterocycles. The lowest BCUT2D eigenvalue weighted by molar-refractivity contribution is -0.00430. The maximum Gasteiger partial charge on any atom is 0.182 e. The van der Waals surface area contributed by atoms with Crippen molar-refractivity contribution < 1.29 is 9.53 Å². The average Bonchev–Trinajstić information content (AvgIpc) is 2.64. The molecular weight excluding hydrogens is 330 g/mol. The number of Topliss-reactive ketones (excluding diaryl/α,β-unsaturated/α-hetero) is 1. The Kier molecular flexibility index (Phi) is 5.62. The van der Waals surface area contributed by atoms with Crippen LogP contribution >= 0.6 is 11.8 Å². The number of hydrogen-bond donors (Lipinski definition) is 0. The summed E-state index contributed by atoms with van der Waals surface area (Å²) in [7, 11) is 0. The van der Waals surface area contributed by atoms with Crippen LogP contribution in [-0.4, -0.2) is 42.5 Å². The van der Waals surface area contributed by atoms with Crippen LogP contribution < -0.4 is 0 Å². The Morgan fingerprint density at radius 1 is 0.960 bits per heavy atom. The molecule has 4 heteroatoms. The highest BCUT2D eigenvalue weighted by Crippen LogP contribution is 2.29. The molecule has 1 aliphatic rings. The average molecular weight is 356 g/mol. The van der Waals surface area contributed by atoms with E-state index in [0.29, 0.717) is 13.2 Å². The molecule has 0 saturated carbocycles. The molecule has 0 spiro atoms. The number of carbonyl (C=O) groups is 1. The third-order valence-corrected chi connectivity index (χ3v) is 5.75. The highest BCUT2D eigenvalue weighted by atomic mass is 32.2. The van der Waals surface area contributed by atoms with Crippen LogP contribution in [-0.2, 0) is 4.74 Å². The molecule has 0 aliphatic carbocycles. The van der Waals surface area contributed by atoms with Crippen LogP contribution in [0.5, 0.6) is 0 Å². The van der Waals surface area contributed by atoms with Crippen molar-refractivity contribution in [1.82, 2.24) is 4.90 Å². The molecule has 0 radical (unpaired) electrons. The lowest BCUT2D eigenvalue weighted by Gasteiger charge is -2.39. The molecule has 0 unspecified atom stereocenters. The maximum atomic E-state index is 13.0. The van der Waals surface area contributed by atoms with E-state index in [9.17, 15) is 4.79 Å². The van der Waals surface area contributed by atoms with Gasteiger partial charge in [-0.2, -0.15) is 0 Å². The van der Waals surface area contributed by atoms with Crippen LogP contribution in [0.25, 0.3) is 0 Å². The van der Waals surface area contributed by atoms with Crippen molar-refractivity contribution in [3.8, 4) is 0 Å². The van der Waals surface area contributed by atoms with Gasteiger partial charge in [-0.3, -0.25) is 9.69 Å². The van der Waals surface area contributed by atoms with Gasteiger partial charge in [0.05, 0.1) is 18.8 Å². The number of ether oxygens (including phenoxy) is 1. The summed E-state index contributed by atoms with van der Waals surface area (Å²) in [4.78, 5) is 17.5. The first kappa shape index (κ1) is 18.2. The van der Waals surface area contributed by atoms with Crippen molar-refractivity contribution in [3.05, 3.63) is 59.7 Å². The second kappa shape index (κ2) is 7.73. The minimum Gasteiger partial charge on any atom is -0.379 e. The molecule has 1 heterocycles. The van der Waals surface area contributed by atoms with Crippen LogP contribution in [0.3, 0.4) is 0 Å². The zero-order valence-corrected chi connectivity index (χ0v) is 15.9. The summed E-state index contributed by atoms with van der Waals surface area (Å²) >= 11 is 1.71. The monoisotopic (exact) mass is 355 g/mol. The first-order valence-corrected chi connectivity index (χ1v) is 9.51. The third kappa shape index (κ3) is 4.32. The van der Waals surface area contributed by atoms with Gasteiger partial charge in [-0.1, -0.05) is 41.6 Å². The Morgan fingerprint density at radius 3 is 2.04 bits per heavy atom. The summed E-state index contributed by atoms with van der Waals surface area (Å²) in [5.41, 5.74) is 1.52. The van der Waals surface area contributed by atoms with Crippen LogP contribution in [0, 0.1) is 6.92 Å². The van der Waals surface area contributed by atoms with Gasteiger partial charge in [-0.05, 0) is 45.0 Å². The molecule has 0 bridgehead atoms. The van der Waals surface area contributed by atoms with Crippen LogP contribution in [0.2, 0.25) is 0 Å². The molecule has 0 amide bonds. The smallest absolute Gasteiger partial charge is 0.182 e. The maximum absolute atomic E-state index is 13.0. The fourth-order valence-corrected chi connectivity index (χ4v) is 3.85. The largest absolute Gasteiger partial charge is 0.379 e. The van der Waals surface area contributed by atoms with E-state index in [4.69, 9.17) is 4.74 Å². The second-order valence-electron chi connectivity index (χ2n) is 6.93. The van der Waals surface area contributed by atoms with E-state index >= 15 is 0 Å². The normalized spacial score (nSPS) is 16.0. The van der Waals surface area contributed by atoms with E-state index < -0.39 is 5.54 Å². The second-order valence-corrected chi connectivity index (χ2v) is 8.07. The van der Waals surface area contributed by atoms with Crippen molar-refractivity contribution >= 4 is 17.5 Å². The Balaban J connectivity index is 1.70. The Hall–Kier alpha value is -1.62. The molecular formula is C21H25NO2S. The van der Waals surface area contributed by atoms with E-state index in [1.807, 2.05) is 38.1 Å². The number of carbonyl (C=O) groups excluding carboxylic acids is 1. The number of hydrogen-bond acceptors (Lipinski definition) is 4. The summed E-state index contributed by atoms with van der Waals surface area (Å²) in [5.74, 6) is 0.168. The fraction of sp³-hybridized carbons (Fsp3) is 0.381. The topological polar surface area (TPSA) is 29.5 Å². The van der Waals surface area contributed by atoms with Crippen molar-refractivity contribution in [1.29, 1.82) is 0 Å². The van der Waals surface area contributed by atoms with Crippen LogP contribution in [0.15, 0.2) is 58.3 Å². The fourth-order valence-electron chi connectivity index (χ4n) is 3.04. The SMILES string of the molecule is Cc1ccc(Sc2ccc(C(=O)C(C)(C)N3CCOCC3)cc2)cc1. The lowest BCUT2D eigenvalue weighted by Crippen LogP contribution is -2.54. The number of aryl methyl sites for hydroxylation is 1. The standard InChI is InChI=1S/C21H25NO2S/c1-16-4-8-18(9-5-16)25-19-10-6-17(7-11-19)20(23)21(2,3)22-12-14-24-15-13-22/h4-11H,12-15H2,1-3H3. The molecule has 0 atom stereocenters. The third-order valence-electron chi connectivity index (χ3n) is 4.73. The predicted octanol–water partition coefficient (Wildman–Crippen LogP) is 4.44. The number of rotatable bonds is 5. The van der Waals surface area contributed by atoms with Crippen LogP contribution in [0.1, 0.15) is 29.8 Å². The molecule has 2 aromatic rings. The van der Waals surface area contributed by atoms with Gasteiger partial charge in [-0.15, -0.1) is 0 Å². The zero-order valence-electron chi connectivity index (χ0n) is 15.1. The number of ketones is 1. The molecule has 2 aromatic carbocycles. The minimum absolute atomic E-state index is 0.168. The van der Waals surface area contributed by atoms with E-state index in [0.717, 1.165) is 23.5 Å². The Labute approximate surface area is 154 Å². The van der Waals surface area contributed by atoms with E-state index in [1.165, 1.54) is 10.5 Å². The van der Waals surface area contributed by atoms with Crippen molar-refractivity contribution in [2.24, 2.45) is 0 Å². The Morgan fingerprint density at radius 2 is 1.48 bits per heavy atom. The van der Waals surface area contributed by atoms with Gasteiger partial charge >= 0.3 is 0 Å². The molecule has 25 heavy (non-hydrogen) atoms. The molecule has 132 valence electrons. The van der Waals surface area contributed by atoms with Gasteiger partial charge in [0, 0.05) is 28.4 Å². The summed E-state index contributed by atoms with van der Waals surface area (Å²) < 4.78 is 5.40. The molecule has 1 saturated heterocycles. The lowest BCUT2D eigenvalue weighted by atomic mass is 9.91. The van der Waals surface area contributed by atoms with Gasteiger partial charge in [0.1, 0.15) is 0 Å². The van der Waals surface area contributed by atoms with Crippen molar-refractivity contribution in [3.63, 3.8) is 0 Å². The van der Waals surface area contributed by atoms with Gasteiger partial charge in [0.25, 0.3) is 0 Å². The predicted molar refractivity (Wildman–Crippen MR) is 103 cm³/mol. The molecule has 3 rings (SSSR count). The summed E-state index contributed by atoms with van der Waals surface area (Å²) in [5, 5.41) is 0. The molecule has 3 nitrogen and oxygen atoms in total. The summed E-state index contributed by atoms with van der Waals surface area (Å²) in [6, 6.07) is 16.4. The first-order chi connectivity index (χ1) is 12.0. The summed E-state index contributed by atoms with van der Waals surface area (Å²) in [6.45, 7) is 9.11. The quantitative estimate of drug-likeness (QED) is 0.742. The van der Waals surface area contributed by atoms with E-state index in [-0.39, 0.29) is 5.78 Å². The van der Waals surface area contributed by atoms with Gasteiger partial charge in [-0.25, -0.2) is 0 Å². The van der Waals surface area contributed by atoms with Gasteiger partial charge < -0.3 is 4.74 Å². The summed E-state index contributed by atoms with van der Waals surface area (Å²) in [6.07, 6.45) is 0. The van der Waals surface area contributed by atoms with E-state index in [2.05, 4.69) is 36.1 Å². The zero-order chi connectivity index (χ0) is 17.9. The number of nitrogens with zero attached hydrogens (tertiary/aromatic N) is 1. The van der Waals surface area contributed by atoms with Gasteiger partial charge in [0.15, 0.2) is 5.78 Å². The van der Waals surface area contributed by atoms with Crippen molar-refractivity contribution in [2.45, 2.75) is 36.1 Å². The van der Waals surface area contributed by atoms with E-state index in [1.54, 1.807) is 11.8 Å². The first-order valence-electron chi connectivity index (χ1n) is 8.69. The molecule has 0 N–H and O–H groups in total. The van der Waals surface area contributed by atoms with Crippen molar-refractivity contribution in [2.75, 3.05) is 26.3 Å². The Bertz CT molecular complexity index is 717. The minimum atomic E-state index is -0.505. The molecule has 1 fully saturated rings. The number of benzene rings is 2. The highest BCUT2D eigenvalue weighted by Gasteiger charge is 2.35. The van der Waals surface area contributed by atoms with Gasteiger partial charge in [0.2, 0.25) is 0 Å².